The molecule has 6 heteroatoms. The molecule has 0 N–H and O–H groups in total. The van der Waals surface area contributed by atoms with Crippen LogP contribution < -0.4 is 0 Å². The predicted octanol–water partition coefficient (Wildman–Crippen LogP) is 3.82. The zero-order valence-corrected chi connectivity index (χ0v) is 15.3. The van der Waals surface area contributed by atoms with Crippen molar-refractivity contribution < 1.29 is 13.3 Å². The Hall–Kier alpha value is -1.21. The molecule has 122 valence electrons. The third-order valence-electron chi connectivity index (χ3n) is 3.94. The van der Waals surface area contributed by atoms with Crippen molar-refractivity contribution >= 4 is 26.0 Å². The number of rotatable bonds is 3. The predicted molar refractivity (Wildman–Crippen MR) is 92.6 cm³/mol. The molecule has 0 bridgehead atoms. The highest BCUT2D eigenvalue weighted by atomic mass is 79.9. The van der Waals surface area contributed by atoms with Crippen molar-refractivity contribution in [1.29, 1.82) is 0 Å². The molecule has 1 heterocycles. The third-order valence-corrected chi connectivity index (χ3v) is 6.84. The first-order valence-corrected chi connectivity index (χ1v) is 9.74. The summed E-state index contributed by atoms with van der Waals surface area (Å²) in [5, 5.41) is 0. The molecule has 1 fully saturated rings. The highest BCUT2D eigenvalue weighted by Crippen LogP contribution is 2.42. The average Bonchev–Trinajstić information content (AvgIpc) is 2.85. The Bertz CT molecular complexity index is 777. The zero-order valence-electron chi connectivity index (χ0n) is 12.9. The maximum absolute atomic E-state index is 13.0. The second kappa shape index (κ2) is 6.36. The summed E-state index contributed by atoms with van der Waals surface area (Å²) in [5.74, 6) is 0. The van der Waals surface area contributed by atoms with Crippen molar-refractivity contribution in [2.45, 2.75) is 35.7 Å². The fourth-order valence-electron chi connectivity index (χ4n) is 2.64. The Morgan fingerprint density at radius 3 is 2.26 bits per heavy atom. The first kappa shape index (κ1) is 16.6. The van der Waals surface area contributed by atoms with Crippen molar-refractivity contribution in [1.82, 2.24) is 4.47 Å². The lowest BCUT2D eigenvalue weighted by atomic mass is 10.0. The van der Waals surface area contributed by atoms with Gasteiger partial charge in [0.15, 0.2) is 0 Å². The second-order valence-corrected chi connectivity index (χ2v) is 8.52. The monoisotopic (exact) mass is 395 g/mol. The van der Waals surface area contributed by atoms with Gasteiger partial charge in [-0.25, -0.2) is 8.42 Å². The quantitative estimate of drug-likeness (QED) is 0.741. The molecule has 1 saturated heterocycles. The number of hydroxylamine groups is 1. The van der Waals surface area contributed by atoms with E-state index in [2.05, 4.69) is 15.9 Å². The summed E-state index contributed by atoms with van der Waals surface area (Å²) in [6.07, 6.45) is -0.250. The molecule has 0 radical (unpaired) electrons. The van der Waals surface area contributed by atoms with E-state index in [4.69, 9.17) is 4.84 Å². The number of aryl methyl sites for hydroxylation is 1. The summed E-state index contributed by atoms with van der Waals surface area (Å²) in [6, 6.07) is 15.9. The molecule has 1 aliphatic heterocycles. The smallest absolute Gasteiger partial charge is 0.265 e. The minimum Gasteiger partial charge on any atom is -0.279 e. The van der Waals surface area contributed by atoms with Gasteiger partial charge in [-0.05, 0) is 31.5 Å². The molecular formula is C17H18BrNO3S. The van der Waals surface area contributed by atoms with Gasteiger partial charge in [0.2, 0.25) is 0 Å². The summed E-state index contributed by atoms with van der Waals surface area (Å²) >= 11 is 3.59. The van der Waals surface area contributed by atoms with Crippen LogP contribution in [0.3, 0.4) is 0 Å². The molecule has 0 unspecified atom stereocenters. The van der Waals surface area contributed by atoms with Crippen molar-refractivity contribution in [3.05, 3.63) is 65.7 Å². The molecule has 2 aromatic rings. The minimum atomic E-state index is -3.74. The van der Waals surface area contributed by atoms with Gasteiger partial charge in [-0.2, -0.15) is 0 Å². The molecule has 4 nitrogen and oxygen atoms in total. The molecule has 0 aromatic heterocycles. The number of benzene rings is 2. The largest absolute Gasteiger partial charge is 0.279 e. The van der Waals surface area contributed by atoms with Gasteiger partial charge in [0.1, 0.15) is 0 Å². The van der Waals surface area contributed by atoms with Gasteiger partial charge in [-0.15, -0.1) is 0 Å². The number of hydrogen-bond acceptors (Lipinski definition) is 3. The number of sulfonamides is 1. The SMILES string of the molecule is Cc1ccc(S(=O)(=O)N2O[C@@H](C)[C@H](Br)[C@H]2c2ccccc2)cc1. The highest BCUT2D eigenvalue weighted by Gasteiger charge is 2.47. The van der Waals surface area contributed by atoms with E-state index in [-0.39, 0.29) is 15.8 Å². The van der Waals surface area contributed by atoms with Gasteiger partial charge in [0.05, 0.1) is 21.9 Å². The summed E-state index contributed by atoms with van der Waals surface area (Å²) in [6.45, 7) is 3.78. The van der Waals surface area contributed by atoms with Crippen LogP contribution in [0.5, 0.6) is 0 Å². The fourth-order valence-corrected chi connectivity index (χ4v) is 4.90. The van der Waals surface area contributed by atoms with Crippen molar-refractivity contribution in [2.75, 3.05) is 0 Å². The first-order chi connectivity index (χ1) is 10.9. The van der Waals surface area contributed by atoms with Crippen LogP contribution in [0, 0.1) is 6.92 Å². The Morgan fingerprint density at radius 2 is 1.65 bits per heavy atom. The van der Waals surface area contributed by atoms with E-state index in [1.165, 1.54) is 0 Å². The van der Waals surface area contributed by atoms with Crippen LogP contribution in [0.4, 0.5) is 0 Å². The number of nitrogens with zero attached hydrogens (tertiary/aromatic N) is 1. The molecule has 0 amide bonds. The van der Waals surface area contributed by atoms with E-state index in [1.54, 1.807) is 24.3 Å². The lowest BCUT2D eigenvalue weighted by molar-refractivity contribution is -0.0839. The Kier molecular flexibility index (Phi) is 4.60. The lowest BCUT2D eigenvalue weighted by Gasteiger charge is -2.23. The molecule has 1 aliphatic rings. The van der Waals surface area contributed by atoms with Crippen molar-refractivity contribution in [3.8, 4) is 0 Å². The van der Waals surface area contributed by atoms with Gasteiger partial charge >= 0.3 is 0 Å². The van der Waals surface area contributed by atoms with E-state index in [0.29, 0.717) is 0 Å². The molecule has 3 rings (SSSR count). The standard InChI is InChI=1S/C17H18BrNO3S/c1-12-8-10-15(11-9-12)23(20,21)19-17(16(18)13(2)22-19)14-6-4-3-5-7-14/h3-11,13,16-17H,1-2H3/t13-,16-,17+/m0/s1. The first-order valence-electron chi connectivity index (χ1n) is 7.38. The van der Waals surface area contributed by atoms with Gasteiger partial charge in [0, 0.05) is 0 Å². The Labute approximate surface area is 145 Å². The molecule has 0 spiro atoms. The van der Waals surface area contributed by atoms with Crippen LogP contribution >= 0.6 is 15.9 Å². The van der Waals surface area contributed by atoms with Crippen LogP contribution in [-0.4, -0.2) is 23.8 Å². The fraction of sp³-hybridized carbons (Fsp3) is 0.294. The molecule has 3 atom stereocenters. The van der Waals surface area contributed by atoms with Gasteiger partial charge in [-0.3, -0.25) is 4.84 Å². The maximum atomic E-state index is 13.0. The molecule has 23 heavy (non-hydrogen) atoms. The zero-order chi connectivity index (χ0) is 16.6. The Balaban J connectivity index is 2.04. The molecule has 0 saturated carbocycles. The van der Waals surface area contributed by atoms with Crippen molar-refractivity contribution in [3.63, 3.8) is 0 Å². The Morgan fingerprint density at radius 1 is 1.04 bits per heavy atom. The molecule has 2 aromatic carbocycles. The van der Waals surface area contributed by atoms with Gasteiger partial charge in [-0.1, -0.05) is 68.4 Å². The second-order valence-electron chi connectivity index (χ2n) is 5.68. The average molecular weight is 396 g/mol. The van der Waals surface area contributed by atoms with Crippen molar-refractivity contribution in [2.24, 2.45) is 0 Å². The molecular weight excluding hydrogens is 378 g/mol. The van der Waals surface area contributed by atoms with Gasteiger partial charge in [0.25, 0.3) is 10.0 Å². The van der Waals surface area contributed by atoms with E-state index < -0.39 is 16.1 Å². The summed E-state index contributed by atoms with van der Waals surface area (Å²) < 4.78 is 27.1. The number of hydrogen-bond donors (Lipinski definition) is 0. The summed E-state index contributed by atoms with van der Waals surface area (Å²) in [5.41, 5.74) is 1.91. The van der Waals surface area contributed by atoms with Gasteiger partial charge < -0.3 is 0 Å². The number of alkyl halides is 1. The van der Waals surface area contributed by atoms with E-state index in [0.717, 1.165) is 15.6 Å². The molecule has 0 aliphatic carbocycles. The van der Waals surface area contributed by atoms with Crippen LogP contribution in [0.1, 0.15) is 24.1 Å². The van der Waals surface area contributed by atoms with Crippen LogP contribution in [0.2, 0.25) is 0 Å². The third kappa shape index (κ3) is 3.08. The van der Waals surface area contributed by atoms with Crippen LogP contribution in [0.15, 0.2) is 59.5 Å². The maximum Gasteiger partial charge on any atom is 0.265 e. The lowest BCUT2D eigenvalue weighted by Crippen LogP contribution is -2.31. The van der Waals surface area contributed by atoms with Crippen LogP contribution in [-0.2, 0) is 14.9 Å². The van der Waals surface area contributed by atoms with E-state index in [1.807, 2.05) is 44.2 Å². The summed E-state index contributed by atoms with van der Waals surface area (Å²) in [4.78, 5) is 5.80. The summed E-state index contributed by atoms with van der Waals surface area (Å²) in [7, 11) is -3.74. The van der Waals surface area contributed by atoms with E-state index >= 15 is 0 Å². The van der Waals surface area contributed by atoms with Crippen LogP contribution in [0.25, 0.3) is 0 Å². The van der Waals surface area contributed by atoms with E-state index in [9.17, 15) is 8.42 Å². The minimum absolute atomic E-state index is 0.120. The number of halogens is 1. The highest BCUT2D eigenvalue weighted by molar-refractivity contribution is 9.09. The topological polar surface area (TPSA) is 46.6 Å². The normalized spacial score (nSPS) is 25.6.